The number of benzene rings is 1. The lowest BCUT2D eigenvalue weighted by molar-refractivity contribution is -0.154. The number of imide groups is 1. The van der Waals surface area contributed by atoms with Crippen molar-refractivity contribution >= 4 is 35.3 Å². The molecule has 9 heteroatoms. The van der Waals surface area contributed by atoms with E-state index in [0.717, 1.165) is 11.3 Å². The third kappa shape index (κ3) is 3.95. The highest BCUT2D eigenvalue weighted by Gasteiger charge is 2.59. The number of carbonyl (C=O) groups is 5. The van der Waals surface area contributed by atoms with Crippen LogP contribution in [0, 0.1) is 23.7 Å². The maximum absolute atomic E-state index is 12.6. The summed E-state index contributed by atoms with van der Waals surface area (Å²) in [6.07, 6.45) is 4.76. The number of hydrogen-bond donors (Lipinski definition) is 1. The van der Waals surface area contributed by atoms with Crippen molar-refractivity contribution in [1.29, 1.82) is 0 Å². The Kier molecular flexibility index (Phi) is 5.58. The largest absolute Gasteiger partial charge is 0.462 e. The smallest absolute Gasteiger partial charge is 0.338 e. The van der Waals surface area contributed by atoms with Crippen LogP contribution in [0.15, 0.2) is 36.4 Å². The fraction of sp³-hybridized carbons (Fsp3) is 0.409. The number of ether oxygens (including phenoxy) is 2. The zero-order chi connectivity index (χ0) is 22.1. The number of carbonyl (C=O) groups excluding carboxylic acids is 5. The molecule has 0 radical (unpaired) electrons. The van der Waals surface area contributed by atoms with Crippen LogP contribution in [0.1, 0.15) is 23.7 Å². The van der Waals surface area contributed by atoms with Crippen LogP contribution in [0.25, 0.3) is 0 Å². The lowest BCUT2D eigenvalue weighted by Crippen LogP contribution is -2.38. The fourth-order valence-corrected chi connectivity index (χ4v) is 4.54. The Balaban J connectivity index is 1.25. The molecule has 1 saturated carbocycles. The first-order valence-electron chi connectivity index (χ1n) is 10.1. The summed E-state index contributed by atoms with van der Waals surface area (Å²) in [4.78, 5) is 61.9. The highest BCUT2D eigenvalue weighted by Crippen LogP contribution is 2.52. The van der Waals surface area contributed by atoms with Gasteiger partial charge in [-0.25, -0.2) is 4.79 Å². The van der Waals surface area contributed by atoms with E-state index in [4.69, 9.17) is 9.47 Å². The van der Waals surface area contributed by atoms with Gasteiger partial charge in [-0.2, -0.15) is 0 Å². The number of rotatable bonds is 7. The number of likely N-dealkylation sites (tertiary alicyclic amines) is 1. The van der Waals surface area contributed by atoms with Crippen molar-refractivity contribution in [2.45, 2.75) is 13.3 Å². The Morgan fingerprint density at radius 1 is 1.00 bits per heavy atom. The number of nitrogens with zero attached hydrogens (tertiary/aromatic N) is 1. The van der Waals surface area contributed by atoms with Crippen LogP contribution < -0.4 is 5.32 Å². The summed E-state index contributed by atoms with van der Waals surface area (Å²) >= 11 is 0. The van der Waals surface area contributed by atoms with Gasteiger partial charge < -0.3 is 14.8 Å². The molecule has 3 aliphatic rings. The van der Waals surface area contributed by atoms with Crippen molar-refractivity contribution in [2.75, 3.05) is 25.1 Å². The molecule has 31 heavy (non-hydrogen) atoms. The first-order valence-corrected chi connectivity index (χ1v) is 10.1. The second kappa shape index (κ2) is 8.33. The van der Waals surface area contributed by atoms with E-state index in [9.17, 15) is 24.0 Å². The molecule has 0 spiro atoms. The van der Waals surface area contributed by atoms with Crippen molar-refractivity contribution in [3.8, 4) is 0 Å². The second-order valence-electron chi connectivity index (χ2n) is 7.77. The number of nitrogens with one attached hydrogen (secondary N) is 1. The van der Waals surface area contributed by atoms with E-state index in [1.807, 2.05) is 12.2 Å². The van der Waals surface area contributed by atoms with Crippen molar-refractivity contribution in [3.05, 3.63) is 42.0 Å². The molecular formula is C22H22N2O7. The highest BCUT2D eigenvalue weighted by molar-refractivity contribution is 6.08. The van der Waals surface area contributed by atoms with Crippen LogP contribution in [0.5, 0.6) is 0 Å². The van der Waals surface area contributed by atoms with Crippen LogP contribution >= 0.6 is 0 Å². The Hall–Kier alpha value is -3.49. The Bertz CT molecular complexity index is 939. The predicted octanol–water partition coefficient (Wildman–Crippen LogP) is 1.15. The standard InChI is InChI=1S/C22H22N2O7/c1-2-30-22(29)12-5-7-15(8-6-12)23-16(25)11-31-17(26)10-24-20(27)18-13-3-4-14(9-13)19(18)21(24)28/h3-8,13-14,18-19H,2,9-11H2,1H3,(H,23,25)/t13-,14-,18-,19-/m0/s1. The molecule has 2 bridgehead atoms. The molecule has 0 aromatic heterocycles. The molecule has 1 aromatic rings. The van der Waals surface area contributed by atoms with Gasteiger partial charge in [-0.15, -0.1) is 0 Å². The average molecular weight is 426 g/mol. The van der Waals surface area contributed by atoms with Gasteiger partial charge in [0.1, 0.15) is 6.54 Å². The summed E-state index contributed by atoms with van der Waals surface area (Å²) in [6.45, 7) is 0.909. The quantitative estimate of drug-likeness (QED) is 0.395. The summed E-state index contributed by atoms with van der Waals surface area (Å²) in [5, 5.41) is 2.53. The van der Waals surface area contributed by atoms with Crippen LogP contribution in [-0.4, -0.2) is 54.3 Å². The maximum Gasteiger partial charge on any atom is 0.338 e. The topological polar surface area (TPSA) is 119 Å². The zero-order valence-corrected chi connectivity index (χ0v) is 16.9. The van der Waals surface area contributed by atoms with Crippen molar-refractivity contribution in [3.63, 3.8) is 0 Å². The van der Waals surface area contributed by atoms with E-state index in [2.05, 4.69) is 5.32 Å². The van der Waals surface area contributed by atoms with Gasteiger partial charge in [0.05, 0.1) is 24.0 Å². The number of anilines is 1. The zero-order valence-electron chi connectivity index (χ0n) is 16.9. The molecule has 162 valence electrons. The average Bonchev–Trinajstić information content (AvgIpc) is 3.43. The minimum absolute atomic E-state index is 0.0634. The molecule has 2 fully saturated rings. The van der Waals surface area contributed by atoms with E-state index in [0.29, 0.717) is 11.3 Å². The monoisotopic (exact) mass is 426 g/mol. The molecule has 2 aliphatic carbocycles. The number of hydrogen-bond acceptors (Lipinski definition) is 7. The van der Waals surface area contributed by atoms with Crippen LogP contribution in [0.4, 0.5) is 5.69 Å². The maximum atomic E-state index is 12.6. The van der Waals surface area contributed by atoms with Gasteiger partial charge in [0, 0.05) is 5.69 Å². The lowest BCUT2D eigenvalue weighted by Gasteiger charge is -2.16. The van der Waals surface area contributed by atoms with E-state index in [1.54, 1.807) is 6.92 Å². The van der Waals surface area contributed by atoms with E-state index >= 15 is 0 Å². The molecule has 4 rings (SSSR count). The molecule has 4 atom stereocenters. The predicted molar refractivity (Wildman–Crippen MR) is 106 cm³/mol. The Morgan fingerprint density at radius 3 is 2.19 bits per heavy atom. The lowest BCUT2D eigenvalue weighted by atomic mass is 9.85. The molecule has 1 saturated heterocycles. The van der Waals surface area contributed by atoms with E-state index < -0.39 is 31.0 Å². The molecular weight excluding hydrogens is 404 g/mol. The van der Waals surface area contributed by atoms with Gasteiger partial charge in [0.15, 0.2) is 6.61 Å². The first kappa shape index (κ1) is 20.8. The number of fused-ring (bicyclic) bond motifs is 5. The van der Waals surface area contributed by atoms with Crippen molar-refractivity contribution < 1.29 is 33.4 Å². The Labute approximate surface area is 178 Å². The molecule has 1 heterocycles. The summed E-state index contributed by atoms with van der Waals surface area (Å²) in [7, 11) is 0. The van der Waals surface area contributed by atoms with Gasteiger partial charge in [-0.3, -0.25) is 24.1 Å². The molecule has 0 unspecified atom stereocenters. The van der Waals surface area contributed by atoms with Gasteiger partial charge in [-0.05, 0) is 49.4 Å². The second-order valence-corrected chi connectivity index (χ2v) is 7.77. The summed E-state index contributed by atoms with van der Waals surface area (Å²) in [5.41, 5.74) is 0.759. The van der Waals surface area contributed by atoms with Crippen LogP contribution in [0.2, 0.25) is 0 Å². The number of esters is 2. The summed E-state index contributed by atoms with van der Waals surface area (Å²) in [5.74, 6) is -3.18. The van der Waals surface area contributed by atoms with Crippen LogP contribution in [-0.2, 0) is 28.7 Å². The van der Waals surface area contributed by atoms with Gasteiger partial charge >= 0.3 is 11.9 Å². The van der Waals surface area contributed by atoms with E-state index in [1.165, 1.54) is 24.3 Å². The third-order valence-corrected chi connectivity index (χ3v) is 5.89. The number of allylic oxidation sites excluding steroid dienone is 2. The molecule has 3 amide bonds. The highest BCUT2D eigenvalue weighted by atomic mass is 16.5. The fourth-order valence-electron chi connectivity index (χ4n) is 4.54. The van der Waals surface area contributed by atoms with Gasteiger partial charge in [0.25, 0.3) is 5.91 Å². The van der Waals surface area contributed by atoms with Crippen LogP contribution in [0.3, 0.4) is 0 Å². The minimum atomic E-state index is -0.824. The summed E-state index contributed by atoms with van der Waals surface area (Å²) < 4.78 is 9.82. The first-order chi connectivity index (χ1) is 14.9. The van der Waals surface area contributed by atoms with Gasteiger partial charge in [-0.1, -0.05) is 12.2 Å². The summed E-state index contributed by atoms with van der Waals surface area (Å²) in [6, 6.07) is 6.05. The third-order valence-electron chi connectivity index (χ3n) is 5.89. The van der Waals surface area contributed by atoms with Gasteiger partial charge in [0.2, 0.25) is 11.8 Å². The van der Waals surface area contributed by atoms with E-state index in [-0.39, 0.29) is 42.1 Å². The molecule has 1 aliphatic heterocycles. The van der Waals surface area contributed by atoms with Crippen molar-refractivity contribution in [2.24, 2.45) is 23.7 Å². The SMILES string of the molecule is CCOC(=O)c1ccc(NC(=O)COC(=O)CN2C(=O)[C@@H]3[C@@H](C2=O)[C@H]2C=C[C@H]3C2)cc1. The Morgan fingerprint density at radius 2 is 1.61 bits per heavy atom. The van der Waals surface area contributed by atoms with Crippen molar-refractivity contribution in [1.82, 2.24) is 4.90 Å². The molecule has 9 nitrogen and oxygen atoms in total. The number of amides is 3. The molecule has 1 aromatic carbocycles. The molecule has 1 N–H and O–H groups in total. The normalized spacial score (nSPS) is 25.5. The minimum Gasteiger partial charge on any atom is -0.462 e.